The minimum Gasteiger partial charge on any atom is -0.468 e. The lowest BCUT2D eigenvalue weighted by Gasteiger charge is -2.15. The van der Waals surface area contributed by atoms with E-state index in [2.05, 4.69) is 34.9 Å². The highest BCUT2D eigenvalue weighted by Gasteiger charge is 2.34. The third-order valence-electron chi connectivity index (χ3n) is 4.02. The van der Waals surface area contributed by atoms with Gasteiger partial charge in [-0.25, -0.2) is 13.6 Å². The van der Waals surface area contributed by atoms with Gasteiger partial charge in [0.05, 0.1) is 14.2 Å². The van der Waals surface area contributed by atoms with Gasteiger partial charge < -0.3 is 23.7 Å². The predicted molar refractivity (Wildman–Crippen MR) is 112 cm³/mol. The molecule has 0 aromatic heterocycles. The fourth-order valence-electron chi connectivity index (χ4n) is 2.48. The monoisotopic (exact) mass is 612 g/mol. The molecule has 0 bridgehead atoms. The van der Waals surface area contributed by atoms with Crippen LogP contribution in [0.3, 0.4) is 0 Å². The van der Waals surface area contributed by atoms with Gasteiger partial charge in [-0.1, -0.05) is 28.1 Å². The smallest absolute Gasteiger partial charge is 0.468 e. The number of alkyl halides is 7. The molecule has 7 nitrogen and oxygen atoms in total. The Kier molecular flexibility index (Phi) is 11.6. The van der Waals surface area contributed by atoms with Crippen molar-refractivity contribution in [3.8, 4) is 11.5 Å². The number of rotatable bonds is 7. The van der Waals surface area contributed by atoms with E-state index in [1.165, 1.54) is 0 Å². The van der Waals surface area contributed by atoms with Crippen molar-refractivity contribution in [3.05, 3.63) is 59.2 Å². The van der Waals surface area contributed by atoms with E-state index in [9.17, 15) is 44.7 Å². The summed E-state index contributed by atoms with van der Waals surface area (Å²) in [7, 11) is 3.37. The summed E-state index contributed by atoms with van der Waals surface area (Å²) in [6.45, 7) is 0. The van der Waals surface area contributed by atoms with Crippen molar-refractivity contribution >= 4 is 27.9 Å². The van der Waals surface area contributed by atoms with Crippen molar-refractivity contribution in [1.29, 1.82) is 0 Å². The molecule has 206 valence electrons. The van der Waals surface area contributed by atoms with Crippen LogP contribution in [0.1, 0.15) is 22.1 Å². The zero-order valence-electron chi connectivity index (χ0n) is 18.9. The highest BCUT2D eigenvalue weighted by Crippen LogP contribution is 2.32. The van der Waals surface area contributed by atoms with Crippen LogP contribution in [0.4, 0.5) is 35.1 Å². The molecular weight excluding hydrogens is 596 g/mol. The molecule has 2 aromatic rings. The highest BCUT2D eigenvalue weighted by atomic mass is 79.9. The van der Waals surface area contributed by atoms with Crippen molar-refractivity contribution in [3.63, 3.8) is 0 Å². The molecule has 0 N–H and O–H groups in total. The Hall–Kier alpha value is -3.14. The number of methoxy groups -OCH3 is 3. The second-order valence-electron chi connectivity index (χ2n) is 6.50. The second kappa shape index (κ2) is 13.4. The molecule has 0 aliphatic rings. The topological polar surface area (TPSA) is 80.3 Å². The largest absolute Gasteiger partial charge is 0.573 e. The van der Waals surface area contributed by atoms with Crippen LogP contribution in [0.25, 0.3) is 0 Å². The molecule has 0 aliphatic heterocycles. The van der Waals surface area contributed by atoms with E-state index in [0.29, 0.717) is 0 Å². The van der Waals surface area contributed by atoms with E-state index < -0.39 is 58.7 Å². The number of carbonyl (C=O) groups excluding carboxylic acids is 2. The summed E-state index contributed by atoms with van der Waals surface area (Å²) >= 11 is 2.92. The summed E-state index contributed by atoms with van der Waals surface area (Å²) in [6.07, 6.45) is -11.3. The summed E-state index contributed by atoms with van der Waals surface area (Å²) < 4.78 is 119. The van der Waals surface area contributed by atoms with Gasteiger partial charge in [0.25, 0.3) is 0 Å². The molecule has 0 fully saturated rings. The third-order valence-corrected chi connectivity index (χ3v) is 4.92. The molecule has 16 heteroatoms. The summed E-state index contributed by atoms with van der Waals surface area (Å²) in [6, 6.07) is 5.27. The molecule has 2 rings (SSSR count). The summed E-state index contributed by atoms with van der Waals surface area (Å²) in [5, 5.41) is 0. The van der Waals surface area contributed by atoms with Crippen molar-refractivity contribution in [2.75, 3.05) is 21.3 Å². The van der Waals surface area contributed by atoms with Gasteiger partial charge >= 0.3 is 24.7 Å². The first kappa shape index (κ1) is 31.9. The lowest BCUT2D eigenvalue weighted by atomic mass is 10.1. The van der Waals surface area contributed by atoms with E-state index in [1.54, 1.807) is 0 Å². The molecule has 2 aromatic carbocycles. The van der Waals surface area contributed by atoms with Crippen molar-refractivity contribution in [2.24, 2.45) is 0 Å². The molecule has 2 atom stereocenters. The van der Waals surface area contributed by atoms with Crippen LogP contribution in [0.15, 0.2) is 36.4 Å². The zero-order chi connectivity index (χ0) is 28.6. The molecule has 0 radical (unpaired) electrons. The van der Waals surface area contributed by atoms with Crippen LogP contribution in [-0.4, -0.2) is 46.0 Å². The number of hydrogen-bond acceptors (Lipinski definition) is 7. The fourth-order valence-corrected chi connectivity index (χ4v) is 2.95. The standard InChI is InChI=1S/C11H10F4O4.C10H7BrF4O3/c1-17-9(10(16)18-2)6-3-4-7(12)8(5-6)19-11(13,14)15;1-17-9(16)8(11)5-2-3-6(12)7(4-5)18-10(13,14)15/h3-5,9H,1-2H3;2-4,8H,1H3. The summed E-state index contributed by atoms with van der Waals surface area (Å²) in [4.78, 5) is 21.5. The van der Waals surface area contributed by atoms with Gasteiger partial charge in [-0.2, -0.15) is 0 Å². The van der Waals surface area contributed by atoms with Crippen molar-refractivity contribution < 1.29 is 68.4 Å². The Morgan fingerprint density at radius 2 is 1.14 bits per heavy atom. The average Bonchev–Trinajstić information content (AvgIpc) is 2.80. The quantitative estimate of drug-likeness (QED) is 0.218. The number of esters is 2. The minimum atomic E-state index is -5.03. The maximum Gasteiger partial charge on any atom is 0.573 e. The lowest BCUT2D eigenvalue weighted by Crippen LogP contribution is -2.19. The number of hydrogen-bond donors (Lipinski definition) is 0. The van der Waals surface area contributed by atoms with Crippen LogP contribution in [0.2, 0.25) is 0 Å². The van der Waals surface area contributed by atoms with Gasteiger partial charge in [-0.15, -0.1) is 26.3 Å². The van der Waals surface area contributed by atoms with E-state index in [1.807, 2.05) is 0 Å². The maximum absolute atomic E-state index is 13.2. The first-order valence-electron chi connectivity index (χ1n) is 9.45. The molecule has 0 aliphatic carbocycles. The fraction of sp³-hybridized carbons (Fsp3) is 0.333. The molecule has 37 heavy (non-hydrogen) atoms. The van der Waals surface area contributed by atoms with Gasteiger partial charge in [-0.05, 0) is 35.4 Å². The second-order valence-corrected chi connectivity index (χ2v) is 7.42. The van der Waals surface area contributed by atoms with Gasteiger partial charge in [0.2, 0.25) is 0 Å². The third kappa shape index (κ3) is 10.4. The number of carbonyl (C=O) groups is 2. The van der Waals surface area contributed by atoms with Crippen LogP contribution in [0.5, 0.6) is 11.5 Å². The van der Waals surface area contributed by atoms with Crippen LogP contribution < -0.4 is 9.47 Å². The molecule has 0 spiro atoms. The van der Waals surface area contributed by atoms with Gasteiger partial charge in [-0.3, -0.25) is 4.79 Å². The van der Waals surface area contributed by atoms with Gasteiger partial charge in [0.1, 0.15) is 4.83 Å². The Morgan fingerprint density at radius 3 is 1.51 bits per heavy atom. The lowest BCUT2D eigenvalue weighted by molar-refractivity contribution is -0.276. The van der Waals surface area contributed by atoms with E-state index in [0.717, 1.165) is 57.7 Å². The van der Waals surface area contributed by atoms with Gasteiger partial charge in [0.15, 0.2) is 29.2 Å². The van der Waals surface area contributed by atoms with E-state index >= 15 is 0 Å². The van der Waals surface area contributed by atoms with Crippen LogP contribution in [-0.2, 0) is 23.8 Å². The Labute approximate surface area is 212 Å². The van der Waals surface area contributed by atoms with Crippen molar-refractivity contribution in [1.82, 2.24) is 0 Å². The number of halogens is 9. The Balaban J connectivity index is 0.000000371. The molecule has 0 heterocycles. The molecular formula is C21H17BrF8O7. The number of benzene rings is 2. The Bertz CT molecular complexity index is 1080. The number of ether oxygens (including phenoxy) is 5. The summed E-state index contributed by atoms with van der Waals surface area (Å²) in [5.74, 6) is -5.99. The van der Waals surface area contributed by atoms with Crippen LogP contribution >= 0.6 is 15.9 Å². The molecule has 0 saturated carbocycles. The maximum atomic E-state index is 13.2. The van der Waals surface area contributed by atoms with Crippen molar-refractivity contribution in [2.45, 2.75) is 23.7 Å². The SMILES string of the molecule is COC(=O)C(Br)c1ccc(F)c(OC(F)(F)F)c1.COC(=O)C(OC)c1ccc(F)c(OC(F)(F)F)c1. The normalized spacial score (nSPS) is 13.0. The van der Waals surface area contributed by atoms with E-state index in [4.69, 9.17) is 4.74 Å². The van der Waals surface area contributed by atoms with Crippen LogP contribution in [0, 0.1) is 11.6 Å². The molecule has 0 amide bonds. The highest BCUT2D eigenvalue weighted by molar-refractivity contribution is 9.09. The van der Waals surface area contributed by atoms with E-state index in [-0.39, 0.29) is 11.1 Å². The van der Waals surface area contributed by atoms with Gasteiger partial charge in [0, 0.05) is 7.11 Å². The Morgan fingerprint density at radius 1 is 0.730 bits per heavy atom. The summed E-state index contributed by atoms with van der Waals surface area (Å²) in [5.41, 5.74) is 0.0671. The first-order valence-corrected chi connectivity index (χ1v) is 10.4. The molecule has 2 unspecified atom stereocenters. The molecule has 0 saturated heterocycles. The average molecular weight is 613 g/mol. The predicted octanol–water partition coefficient (Wildman–Crippen LogP) is 5.92. The zero-order valence-corrected chi connectivity index (χ0v) is 20.5. The first-order chi connectivity index (χ1) is 17.0. The minimum absolute atomic E-state index is 0.0185.